The van der Waals surface area contributed by atoms with Crippen LogP contribution in [0.3, 0.4) is 0 Å². The molecule has 0 aromatic heterocycles. The van der Waals surface area contributed by atoms with E-state index in [1.165, 1.54) is 36.5 Å². The molecule has 116 heavy (non-hydrogen) atoms. The van der Waals surface area contributed by atoms with Crippen molar-refractivity contribution in [3.05, 3.63) is 229 Å². The van der Waals surface area contributed by atoms with Gasteiger partial charge in [0.05, 0.1) is 83.3 Å². The molecule has 17 rings (SSSR count). The summed E-state index contributed by atoms with van der Waals surface area (Å²) in [5.74, 6) is -11.6. The minimum absolute atomic E-state index is 0. The number of hydrogen-bond donors (Lipinski definition) is 1. The van der Waals surface area contributed by atoms with E-state index in [9.17, 15) is 67.1 Å². The van der Waals surface area contributed by atoms with Crippen LogP contribution in [-0.4, -0.2) is 165 Å². The number of amides is 14. The summed E-state index contributed by atoms with van der Waals surface area (Å²) in [6.45, 7) is 9.85. The fourth-order valence-electron chi connectivity index (χ4n) is 14.8. The maximum atomic E-state index is 14.1. The van der Waals surface area contributed by atoms with E-state index in [0.717, 1.165) is 63.2 Å². The Bertz CT molecular complexity index is 4830. The number of nitrogens with one attached hydrogen (secondary N) is 1. The van der Waals surface area contributed by atoms with Crippen molar-refractivity contribution in [2.24, 2.45) is 47.3 Å². The van der Waals surface area contributed by atoms with Crippen molar-refractivity contribution in [3.8, 4) is 17.2 Å². The Labute approximate surface area is 676 Å². The molecule has 14 amide bonds. The first-order chi connectivity index (χ1) is 55.0. The number of rotatable bonds is 22. The molecule has 10 aliphatic rings. The molecule has 7 aromatic rings. The predicted octanol–water partition coefficient (Wildman–Crippen LogP) is 7.94. The zero-order chi connectivity index (χ0) is 80.5. The molecule has 7 saturated heterocycles. The summed E-state index contributed by atoms with van der Waals surface area (Å²) in [5, 5.41) is 0. The van der Waals surface area contributed by atoms with Gasteiger partial charge in [0.15, 0.2) is 0 Å². The zero-order valence-electron chi connectivity index (χ0n) is 62.6. The Morgan fingerprint density at radius 1 is 0.284 bits per heavy atom. The van der Waals surface area contributed by atoms with Gasteiger partial charge in [-0.3, -0.25) is 86.7 Å². The molecule has 0 aliphatic carbocycles. The monoisotopic (exact) mass is 1580 g/mol. The van der Waals surface area contributed by atoms with Crippen LogP contribution in [0.4, 0.5) is 39.8 Å². The summed E-state index contributed by atoms with van der Waals surface area (Å²) in [5.41, 5.74) is 6.72. The Morgan fingerprint density at radius 2 is 0.448 bits per heavy atom. The number of benzene rings is 7. The van der Waals surface area contributed by atoms with Gasteiger partial charge in [-0.2, -0.15) is 0 Å². The van der Waals surface area contributed by atoms with Gasteiger partial charge in [-0.15, -0.1) is 0 Å². The zero-order valence-corrected chi connectivity index (χ0v) is 63.7. The van der Waals surface area contributed by atoms with Gasteiger partial charge in [0.2, 0.25) is 47.3 Å². The third kappa shape index (κ3) is 17.1. The number of imide groups is 7. The number of hydrogen-bond acceptors (Lipinski definition) is 21. The van der Waals surface area contributed by atoms with Gasteiger partial charge >= 0.3 is 20.4 Å². The van der Waals surface area contributed by atoms with Gasteiger partial charge in [-0.25, -0.2) is 14.7 Å². The molecule has 0 saturated carbocycles. The van der Waals surface area contributed by atoms with Crippen LogP contribution in [0.5, 0.6) is 17.2 Å². The standard InChI is InChI=1S/C51H48N4O12.C21H14N2O4.C13H11NO4.CH4.Al.B.HN/c1-26-40(42-28(3)46(58)54(50(42)62)34-13-17-36(18-14-34)64-22-38-24-66-38)48(60)52(44(26)56)32-9-5-30(6-10-32)21-31-7-11-33(12-8-31)53-45(57)27(2)41(49(53)61)43-29(4)47(59)55(51(43)63)35-15-19-37(20-16-35)65-23-39-25-67-39;24-18-9-10-19(25)22(18)16-5-1-14(2-6-16)13-15-3-7-17(8-4-15)23-20(26)11-12-21(23)27;15-12-5-6-13(16)14(12)9-1-3-10(4-2-9)17-7-11-8-18-11;;;;/h5-20,26-29,38-43H,21-25H2,1-4H3;1-12H,13H2;1-6,11H,7-8H2;1H4;;;1H. The third-order valence-electron chi connectivity index (χ3n) is 21.2. The Balaban J connectivity index is 0.000000205. The van der Waals surface area contributed by atoms with Gasteiger partial charge in [0, 0.05) is 68.5 Å². The minimum atomic E-state index is -1.04. The summed E-state index contributed by atoms with van der Waals surface area (Å²) in [6.07, 6.45) is 8.95. The van der Waals surface area contributed by atoms with Crippen LogP contribution in [0.15, 0.2) is 206 Å². The molecule has 7 aromatic carbocycles. The molecular formula is C86H78AlBN8O20. The Morgan fingerprint density at radius 3 is 0.621 bits per heavy atom. The van der Waals surface area contributed by atoms with E-state index in [4.69, 9.17) is 32.8 Å². The number of carbonyl (C=O) groups excluding carboxylic acids is 14. The molecule has 28 nitrogen and oxygen atoms in total. The molecule has 4 radical (unpaired) electrons. The summed E-state index contributed by atoms with van der Waals surface area (Å²) >= 11 is 1.67. The van der Waals surface area contributed by atoms with Crippen molar-refractivity contribution in [2.45, 2.75) is 66.3 Å². The molecule has 0 bridgehead atoms. The van der Waals surface area contributed by atoms with Gasteiger partial charge in [-0.1, -0.05) is 83.7 Å². The van der Waals surface area contributed by atoms with E-state index >= 15 is 0 Å². The fraction of sp³-hybridized carbons (Fsp3) is 0.279. The molecule has 11 unspecified atom stereocenters. The van der Waals surface area contributed by atoms with Crippen molar-refractivity contribution in [1.82, 2.24) is 0 Å². The molecular weight excluding hydrogens is 1500 g/mol. The first kappa shape index (κ1) is 82.9. The number of nitrogens with zero attached hydrogens (tertiary/aromatic N) is 7. The second kappa shape index (κ2) is 35.0. The molecule has 7 fully saturated rings. The van der Waals surface area contributed by atoms with Crippen molar-refractivity contribution >= 4 is 147 Å². The van der Waals surface area contributed by atoms with Gasteiger partial charge in [0.1, 0.15) is 55.4 Å². The van der Waals surface area contributed by atoms with Crippen molar-refractivity contribution in [2.75, 3.05) is 73.9 Å². The summed E-state index contributed by atoms with van der Waals surface area (Å²) in [6, 6.07) is 48.2. The average Bonchev–Trinajstić information content (AvgIpc) is 1.59. The molecule has 10 aliphatic heterocycles. The van der Waals surface area contributed by atoms with E-state index in [0.29, 0.717) is 103 Å². The Hall–Kier alpha value is -12.6. The van der Waals surface area contributed by atoms with Crippen LogP contribution in [0.1, 0.15) is 57.4 Å². The van der Waals surface area contributed by atoms with Crippen LogP contribution in [-0.2, 0) is 94.2 Å². The molecule has 10 heterocycles. The van der Waals surface area contributed by atoms with Crippen LogP contribution >= 0.6 is 0 Å². The quantitative estimate of drug-likeness (QED) is 0.0382. The molecule has 1 N–H and O–H groups in total. The molecule has 0 spiro atoms. The first-order valence-corrected chi connectivity index (χ1v) is 37.4. The molecule has 11 atom stereocenters. The third-order valence-corrected chi connectivity index (χ3v) is 21.2. The van der Waals surface area contributed by atoms with Gasteiger partial charge < -0.3 is 28.4 Å². The number of ether oxygens (including phenoxy) is 6. The van der Waals surface area contributed by atoms with Crippen LogP contribution in [0, 0.1) is 51.7 Å². The summed E-state index contributed by atoms with van der Waals surface area (Å²) < 4.78 is 37.9. The molecule has 588 valence electrons. The average molecular weight is 1580 g/mol. The second-order valence-electron chi connectivity index (χ2n) is 28.6. The summed E-state index contributed by atoms with van der Waals surface area (Å²) in [4.78, 5) is 188. The van der Waals surface area contributed by atoms with E-state index in [-0.39, 0.29) is 69.6 Å². The summed E-state index contributed by atoms with van der Waals surface area (Å²) in [7, 11) is 0. The number of anilines is 7. The SMILES string of the molecule is C.CC1C(=O)N(c2ccc(Cc3ccc(N4C(=O)C(C)C(C5C(=O)N(c6ccc(OCC7CO7)cc6)C(=O)C5C)C4=O)cc3)cc2)C(=O)C1C1C(=O)N(c2ccc(OCC3CO3)cc2)C(=O)C1C.O=C1C=CC(=O)N1c1ccc(Cc2ccc(N3C(=O)C=CC3=O)cc2)cc1.O=C1C=CC(=O)N1c1ccc(OCC2CO2)cc1.[B].[NH]=[Al]. The number of epoxide rings is 3. The van der Waals surface area contributed by atoms with Crippen LogP contribution < -0.4 is 48.5 Å². The predicted molar refractivity (Wildman–Crippen MR) is 423 cm³/mol. The number of carbonyl (C=O) groups is 14. The van der Waals surface area contributed by atoms with E-state index in [1.54, 1.807) is 189 Å². The Kier molecular flexibility index (Phi) is 25.0. The van der Waals surface area contributed by atoms with E-state index in [2.05, 4.69) is 0 Å². The van der Waals surface area contributed by atoms with Crippen molar-refractivity contribution < 1.29 is 95.5 Å². The van der Waals surface area contributed by atoms with Crippen LogP contribution in [0.25, 0.3) is 0 Å². The van der Waals surface area contributed by atoms with E-state index in [1.807, 2.05) is 24.3 Å². The fourth-order valence-corrected chi connectivity index (χ4v) is 14.8. The first-order valence-electron chi connectivity index (χ1n) is 36.9. The maximum absolute atomic E-state index is 14.1. The van der Waals surface area contributed by atoms with Gasteiger partial charge in [-0.05, 0) is 156 Å². The normalized spacial score (nSPS) is 24.0. The second-order valence-corrected chi connectivity index (χ2v) is 28.6. The van der Waals surface area contributed by atoms with Gasteiger partial charge in [0.25, 0.3) is 35.4 Å². The topological polar surface area (TPSA) is 351 Å². The molecule has 30 heteroatoms. The van der Waals surface area contributed by atoms with Crippen LogP contribution in [0.2, 0.25) is 0 Å². The van der Waals surface area contributed by atoms with E-state index < -0.39 is 94.6 Å². The van der Waals surface area contributed by atoms with Crippen molar-refractivity contribution in [1.29, 1.82) is 4.35 Å². The van der Waals surface area contributed by atoms with Crippen molar-refractivity contribution in [3.63, 3.8) is 0 Å².